The van der Waals surface area contributed by atoms with Crippen molar-refractivity contribution < 1.29 is 17.9 Å². The number of hydrogen-bond acceptors (Lipinski definition) is 4. The average molecular weight is 472 g/mol. The zero-order chi connectivity index (χ0) is 17.9. The molecule has 1 aliphatic rings. The number of hydrogen-bond donors (Lipinski definition) is 2. The summed E-state index contributed by atoms with van der Waals surface area (Å²) in [5.41, 5.74) is 0.412. The van der Waals surface area contributed by atoms with Crippen LogP contribution in [0.25, 0.3) is 0 Å². The van der Waals surface area contributed by atoms with E-state index in [9.17, 15) is 13.2 Å². The highest BCUT2D eigenvalue weighted by molar-refractivity contribution is 14.1. The van der Waals surface area contributed by atoms with E-state index in [4.69, 9.17) is 4.74 Å². The number of carbonyl (C=O) groups excluding carboxylic acids is 1. The number of ether oxygens (including phenoxy) is 1. The third kappa shape index (κ3) is 5.41. The number of anilines is 1. The van der Waals surface area contributed by atoms with E-state index in [2.05, 4.69) is 32.6 Å². The number of nitrogens with one attached hydrogen (secondary N) is 2. The Morgan fingerprint density at radius 3 is 2.56 bits per heavy atom. The lowest BCUT2D eigenvalue weighted by molar-refractivity contribution is -0.118. The summed E-state index contributed by atoms with van der Waals surface area (Å²) in [6.07, 6.45) is 1.73. The zero-order valence-electron chi connectivity index (χ0n) is 13.2. The molecule has 2 aromatic carbocycles. The van der Waals surface area contributed by atoms with Gasteiger partial charge < -0.3 is 10.1 Å². The maximum atomic E-state index is 12.2. The van der Waals surface area contributed by atoms with Crippen molar-refractivity contribution in [3.8, 4) is 5.75 Å². The maximum Gasteiger partial charge on any atom is 0.262 e. The van der Waals surface area contributed by atoms with Crippen molar-refractivity contribution in [2.75, 3.05) is 11.9 Å². The highest BCUT2D eigenvalue weighted by Gasteiger charge is 2.28. The molecule has 8 heteroatoms. The van der Waals surface area contributed by atoms with Gasteiger partial charge in [0.25, 0.3) is 5.91 Å². The van der Waals surface area contributed by atoms with Gasteiger partial charge in [-0.2, -0.15) is 0 Å². The maximum absolute atomic E-state index is 12.2. The molecule has 1 saturated carbocycles. The molecule has 2 N–H and O–H groups in total. The van der Waals surface area contributed by atoms with Gasteiger partial charge in [0.1, 0.15) is 5.75 Å². The lowest BCUT2D eigenvalue weighted by Crippen LogP contribution is -2.26. The molecule has 0 unspecified atom stereocenters. The van der Waals surface area contributed by atoms with Crippen LogP contribution >= 0.6 is 22.6 Å². The second kappa shape index (κ2) is 7.71. The fourth-order valence-electron chi connectivity index (χ4n) is 2.11. The Balaban J connectivity index is 1.59. The van der Waals surface area contributed by atoms with Gasteiger partial charge >= 0.3 is 0 Å². The van der Waals surface area contributed by atoms with E-state index in [1.807, 2.05) is 12.1 Å². The first-order valence-electron chi connectivity index (χ1n) is 7.73. The first-order chi connectivity index (χ1) is 11.9. The molecule has 0 spiro atoms. The van der Waals surface area contributed by atoms with Gasteiger partial charge in [-0.25, -0.2) is 13.1 Å². The summed E-state index contributed by atoms with van der Waals surface area (Å²) in [6.45, 7) is -0.155. The van der Waals surface area contributed by atoms with Crippen LogP contribution in [0.5, 0.6) is 5.75 Å². The number of amides is 1. The standard InChI is InChI=1S/C17H17IN2O4S/c18-12-4-8-15(9-5-12)24-11-17(21)19-14-2-1-3-16(10-14)25(22,23)20-13-6-7-13/h1-5,8-10,13,20H,6-7,11H2,(H,19,21). The minimum atomic E-state index is -3.55. The van der Waals surface area contributed by atoms with E-state index in [1.165, 1.54) is 12.1 Å². The monoisotopic (exact) mass is 472 g/mol. The van der Waals surface area contributed by atoms with E-state index >= 15 is 0 Å². The van der Waals surface area contributed by atoms with Gasteiger partial charge in [-0.1, -0.05) is 6.07 Å². The molecule has 0 bridgehead atoms. The molecule has 0 aromatic heterocycles. The van der Waals surface area contributed by atoms with Crippen molar-refractivity contribution in [1.29, 1.82) is 0 Å². The Labute approximate surface area is 160 Å². The first-order valence-corrected chi connectivity index (χ1v) is 10.3. The lowest BCUT2D eigenvalue weighted by atomic mass is 10.3. The smallest absolute Gasteiger partial charge is 0.262 e. The second-order valence-corrected chi connectivity index (χ2v) is 8.67. The predicted molar refractivity (Wildman–Crippen MR) is 103 cm³/mol. The number of carbonyl (C=O) groups is 1. The van der Waals surface area contributed by atoms with E-state index < -0.39 is 10.0 Å². The fraction of sp³-hybridized carbons (Fsp3) is 0.235. The Morgan fingerprint density at radius 1 is 1.16 bits per heavy atom. The molecular formula is C17H17IN2O4S. The highest BCUT2D eigenvalue weighted by Crippen LogP contribution is 2.23. The van der Waals surface area contributed by atoms with Gasteiger partial charge in [-0.05, 0) is 77.9 Å². The van der Waals surface area contributed by atoms with Crippen LogP contribution in [-0.4, -0.2) is 27.0 Å². The van der Waals surface area contributed by atoms with Crippen molar-refractivity contribution in [3.63, 3.8) is 0 Å². The molecule has 1 amide bonds. The van der Waals surface area contributed by atoms with Crippen LogP contribution in [0.2, 0.25) is 0 Å². The molecule has 1 aliphatic carbocycles. The lowest BCUT2D eigenvalue weighted by Gasteiger charge is -2.10. The van der Waals surface area contributed by atoms with Gasteiger partial charge in [0.15, 0.2) is 6.61 Å². The van der Waals surface area contributed by atoms with Crippen molar-refractivity contribution in [2.45, 2.75) is 23.8 Å². The van der Waals surface area contributed by atoms with E-state index in [1.54, 1.807) is 24.3 Å². The van der Waals surface area contributed by atoms with Gasteiger partial charge in [-0.15, -0.1) is 0 Å². The van der Waals surface area contributed by atoms with Crippen LogP contribution in [0.1, 0.15) is 12.8 Å². The molecule has 2 aromatic rings. The van der Waals surface area contributed by atoms with Gasteiger partial charge in [0.05, 0.1) is 4.90 Å². The largest absolute Gasteiger partial charge is 0.484 e. The minimum absolute atomic E-state index is 0.0329. The summed E-state index contributed by atoms with van der Waals surface area (Å²) < 4.78 is 33.5. The third-order valence-corrected chi connectivity index (χ3v) is 5.75. The van der Waals surface area contributed by atoms with Crippen LogP contribution in [0.4, 0.5) is 5.69 Å². The highest BCUT2D eigenvalue weighted by atomic mass is 127. The fourth-order valence-corrected chi connectivity index (χ4v) is 3.82. The molecule has 0 heterocycles. The molecule has 0 aliphatic heterocycles. The molecule has 3 rings (SSSR count). The van der Waals surface area contributed by atoms with Crippen LogP contribution in [0, 0.1) is 3.57 Å². The summed E-state index contributed by atoms with van der Waals surface area (Å²) in [7, 11) is -3.55. The Kier molecular flexibility index (Phi) is 5.60. The average Bonchev–Trinajstić information content (AvgIpc) is 3.38. The van der Waals surface area contributed by atoms with Gasteiger partial charge in [0, 0.05) is 15.3 Å². The molecule has 6 nitrogen and oxygen atoms in total. The number of rotatable bonds is 7. The summed E-state index contributed by atoms with van der Waals surface area (Å²) >= 11 is 2.18. The van der Waals surface area contributed by atoms with Crippen molar-refractivity contribution in [2.24, 2.45) is 0 Å². The first kappa shape index (κ1) is 18.2. The van der Waals surface area contributed by atoms with Crippen LogP contribution < -0.4 is 14.8 Å². The topological polar surface area (TPSA) is 84.5 Å². The normalized spacial score (nSPS) is 14.1. The Hall–Kier alpha value is -1.65. The minimum Gasteiger partial charge on any atom is -0.484 e. The van der Waals surface area contributed by atoms with Crippen LogP contribution in [-0.2, 0) is 14.8 Å². The number of halogens is 1. The Bertz CT molecular complexity index is 864. The summed E-state index contributed by atoms with van der Waals surface area (Å²) in [4.78, 5) is 12.1. The summed E-state index contributed by atoms with van der Waals surface area (Å²) in [6, 6.07) is 13.5. The Morgan fingerprint density at radius 2 is 1.88 bits per heavy atom. The predicted octanol–water partition coefficient (Wildman–Crippen LogP) is 2.75. The molecule has 0 radical (unpaired) electrons. The SMILES string of the molecule is O=C(COc1ccc(I)cc1)Nc1cccc(S(=O)(=O)NC2CC2)c1. The van der Waals surface area contributed by atoms with Gasteiger partial charge in [0.2, 0.25) is 10.0 Å². The van der Waals surface area contributed by atoms with Crippen LogP contribution in [0.15, 0.2) is 53.4 Å². The van der Waals surface area contributed by atoms with E-state index in [0.29, 0.717) is 11.4 Å². The van der Waals surface area contributed by atoms with E-state index in [0.717, 1.165) is 16.4 Å². The third-order valence-electron chi connectivity index (χ3n) is 3.51. The number of benzene rings is 2. The second-order valence-electron chi connectivity index (χ2n) is 5.71. The number of sulfonamides is 1. The molecule has 1 fully saturated rings. The van der Waals surface area contributed by atoms with Crippen LogP contribution in [0.3, 0.4) is 0 Å². The molecular weight excluding hydrogens is 455 g/mol. The summed E-state index contributed by atoms with van der Waals surface area (Å²) in [5.74, 6) is 0.240. The zero-order valence-corrected chi connectivity index (χ0v) is 16.2. The summed E-state index contributed by atoms with van der Waals surface area (Å²) in [5, 5.41) is 2.65. The van der Waals surface area contributed by atoms with Crippen molar-refractivity contribution in [3.05, 3.63) is 52.1 Å². The van der Waals surface area contributed by atoms with Crippen molar-refractivity contribution in [1.82, 2.24) is 4.72 Å². The van der Waals surface area contributed by atoms with E-state index in [-0.39, 0.29) is 23.5 Å². The van der Waals surface area contributed by atoms with Crippen molar-refractivity contribution >= 4 is 44.2 Å². The van der Waals surface area contributed by atoms with Gasteiger partial charge in [-0.3, -0.25) is 4.79 Å². The quantitative estimate of drug-likeness (QED) is 0.608. The molecule has 0 atom stereocenters. The molecule has 132 valence electrons. The molecule has 0 saturated heterocycles. The molecule has 25 heavy (non-hydrogen) atoms.